The van der Waals surface area contributed by atoms with Crippen LogP contribution in [0.1, 0.15) is 0 Å². The van der Waals surface area contributed by atoms with E-state index < -0.39 is 8.07 Å². The number of fused-ring (bicyclic) bond motifs is 9. The summed E-state index contributed by atoms with van der Waals surface area (Å²) in [4.78, 5) is 4.35. The molecule has 42 heavy (non-hydrogen) atoms. The molecule has 3 nitrogen and oxygen atoms in total. The summed E-state index contributed by atoms with van der Waals surface area (Å²) in [5, 5.41) is 10.3. The third-order valence-corrected chi connectivity index (χ3v) is 13.7. The number of rotatable bonds is 3. The van der Waals surface area contributed by atoms with Crippen LogP contribution < -0.4 is 10.4 Å². The van der Waals surface area contributed by atoms with Gasteiger partial charge in [-0.05, 0) is 48.5 Å². The fraction of sp³-hybridized carbons (Fsp3) is 0.0541. The molecule has 0 spiro atoms. The highest BCUT2D eigenvalue weighted by Gasteiger charge is 2.28. The van der Waals surface area contributed by atoms with E-state index in [2.05, 4.69) is 126 Å². The van der Waals surface area contributed by atoms with Crippen molar-refractivity contribution in [2.45, 2.75) is 13.1 Å². The number of hydrogen-bond acceptors (Lipinski definition) is 3. The van der Waals surface area contributed by atoms with Gasteiger partial charge in [0.1, 0.15) is 19.2 Å². The van der Waals surface area contributed by atoms with E-state index in [1.54, 1.807) is 6.20 Å². The summed E-state index contributed by atoms with van der Waals surface area (Å²) >= 11 is 1.89. The molecule has 200 valence electrons. The average molecular weight is 575 g/mol. The lowest BCUT2D eigenvalue weighted by molar-refractivity contribution is 0.668. The summed E-state index contributed by atoms with van der Waals surface area (Å²) in [7, 11) is -1.99. The van der Waals surface area contributed by atoms with Gasteiger partial charge in [-0.25, -0.2) is 0 Å². The number of furan rings is 1. The summed E-state index contributed by atoms with van der Waals surface area (Å²) < 4.78 is 11.2. The number of aromatic nitrogens is 2. The lowest BCUT2D eigenvalue weighted by Gasteiger charge is -2.24. The maximum atomic E-state index is 6.10. The molecule has 0 aliphatic rings. The van der Waals surface area contributed by atoms with Gasteiger partial charge in [-0.3, -0.25) is 4.98 Å². The summed E-state index contributed by atoms with van der Waals surface area (Å²) in [5.41, 5.74) is 5.30. The molecule has 0 atom stereocenters. The Hall–Kier alpha value is -4.71. The normalized spacial score (nSPS) is 12.5. The molecule has 9 aromatic rings. The molecule has 0 bridgehead atoms. The average Bonchev–Trinajstić information content (AvgIpc) is 3.69. The molecule has 0 unspecified atom stereocenters. The highest BCUT2D eigenvalue weighted by molar-refractivity contribution is 7.25. The fourth-order valence-corrected chi connectivity index (χ4v) is 10.1. The number of nitrogens with zero attached hydrogens (tertiary/aromatic N) is 2. The molecule has 9 rings (SSSR count). The SMILES string of the molecule is C[Si](C)(c1ccc2sc3ccccc3c2c1)c1ccc2c(c1)c1ccccc1n2-c1ccc2oc3ccncc3c2c1. The Kier molecular flexibility index (Phi) is 4.93. The van der Waals surface area contributed by atoms with Crippen LogP contribution >= 0.6 is 11.3 Å². The third-order valence-electron chi connectivity index (χ3n) is 9.01. The van der Waals surface area contributed by atoms with E-state index in [1.165, 1.54) is 52.4 Å². The van der Waals surface area contributed by atoms with Gasteiger partial charge in [-0.1, -0.05) is 84.1 Å². The Morgan fingerprint density at radius 2 is 1.31 bits per heavy atom. The summed E-state index contributed by atoms with van der Waals surface area (Å²) in [6, 6.07) is 40.3. The van der Waals surface area contributed by atoms with Crippen molar-refractivity contribution in [1.82, 2.24) is 9.55 Å². The van der Waals surface area contributed by atoms with Crippen LogP contribution in [-0.2, 0) is 0 Å². The monoisotopic (exact) mass is 574 g/mol. The maximum absolute atomic E-state index is 6.10. The first-order valence-corrected chi connectivity index (χ1v) is 18.1. The van der Waals surface area contributed by atoms with Crippen molar-refractivity contribution in [3.05, 3.63) is 122 Å². The zero-order valence-electron chi connectivity index (χ0n) is 23.3. The molecule has 0 amide bonds. The van der Waals surface area contributed by atoms with Crippen LogP contribution in [0.15, 0.2) is 126 Å². The van der Waals surface area contributed by atoms with Crippen molar-refractivity contribution in [3.8, 4) is 5.69 Å². The van der Waals surface area contributed by atoms with Crippen LogP contribution in [0.2, 0.25) is 13.1 Å². The smallest absolute Gasteiger partial charge is 0.138 e. The van der Waals surface area contributed by atoms with E-state index >= 15 is 0 Å². The summed E-state index contributed by atoms with van der Waals surface area (Å²) in [5.74, 6) is 0. The quantitative estimate of drug-likeness (QED) is 0.197. The molecule has 0 aliphatic carbocycles. The molecular weight excluding hydrogens is 549 g/mol. The summed E-state index contributed by atoms with van der Waals surface area (Å²) in [6.45, 7) is 4.96. The predicted octanol–water partition coefficient (Wildman–Crippen LogP) is 9.27. The van der Waals surface area contributed by atoms with Crippen LogP contribution in [0, 0.1) is 0 Å². The number of hydrogen-bond donors (Lipinski definition) is 0. The van der Waals surface area contributed by atoms with Gasteiger partial charge in [-0.15, -0.1) is 11.3 Å². The third kappa shape index (κ3) is 3.35. The zero-order valence-corrected chi connectivity index (χ0v) is 25.1. The molecule has 0 saturated carbocycles. The second-order valence-electron chi connectivity index (χ2n) is 11.7. The van der Waals surface area contributed by atoms with E-state index in [1.807, 2.05) is 23.6 Å². The highest BCUT2D eigenvalue weighted by Crippen LogP contribution is 2.36. The predicted molar refractivity (Wildman–Crippen MR) is 182 cm³/mol. The topological polar surface area (TPSA) is 31.0 Å². The highest BCUT2D eigenvalue weighted by atomic mass is 32.1. The molecule has 0 saturated heterocycles. The maximum Gasteiger partial charge on any atom is 0.138 e. The molecule has 5 heteroatoms. The molecule has 4 heterocycles. The number of benzene rings is 5. The van der Waals surface area contributed by atoms with Crippen molar-refractivity contribution in [2.75, 3.05) is 0 Å². The van der Waals surface area contributed by atoms with Gasteiger partial charge < -0.3 is 8.98 Å². The van der Waals surface area contributed by atoms with Crippen molar-refractivity contribution in [2.24, 2.45) is 0 Å². The second-order valence-corrected chi connectivity index (χ2v) is 17.2. The van der Waals surface area contributed by atoms with E-state index in [4.69, 9.17) is 4.42 Å². The Bertz CT molecular complexity index is 2520. The molecule has 5 aromatic carbocycles. The van der Waals surface area contributed by atoms with Crippen LogP contribution in [0.3, 0.4) is 0 Å². The van der Waals surface area contributed by atoms with Gasteiger partial charge in [0, 0.05) is 59.8 Å². The molecule has 4 aromatic heterocycles. The van der Waals surface area contributed by atoms with E-state index in [0.29, 0.717) is 0 Å². The van der Waals surface area contributed by atoms with Crippen LogP contribution in [0.5, 0.6) is 0 Å². The number of para-hydroxylation sites is 1. The van der Waals surface area contributed by atoms with Crippen LogP contribution in [0.4, 0.5) is 0 Å². The van der Waals surface area contributed by atoms with E-state index in [0.717, 1.165) is 27.6 Å². The minimum atomic E-state index is -1.99. The summed E-state index contributed by atoms with van der Waals surface area (Å²) in [6.07, 6.45) is 3.67. The van der Waals surface area contributed by atoms with Crippen molar-refractivity contribution in [3.63, 3.8) is 0 Å². The minimum absolute atomic E-state index is 0.866. The Morgan fingerprint density at radius 3 is 2.21 bits per heavy atom. The first kappa shape index (κ1) is 23.9. The van der Waals surface area contributed by atoms with E-state index in [9.17, 15) is 0 Å². The Morgan fingerprint density at radius 1 is 0.595 bits per heavy atom. The molecule has 0 aliphatic heterocycles. The molecule has 0 N–H and O–H groups in total. The van der Waals surface area contributed by atoms with Crippen LogP contribution in [0.25, 0.3) is 69.6 Å². The van der Waals surface area contributed by atoms with Gasteiger partial charge in [0.2, 0.25) is 0 Å². The van der Waals surface area contributed by atoms with Gasteiger partial charge in [0.25, 0.3) is 0 Å². The van der Waals surface area contributed by atoms with Gasteiger partial charge >= 0.3 is 0 Å². The second kappa shape index (κ2) is 8.65. The van der Waals surface area contributed by atoms with Crippen molar-refractivity contribution < 1.29 is 4.42 Å². The van der Waals surface area contributed by atoms with Gasteiger partial charge in [0.05, 0.1) is 11.0 Å². The zero-order chi connectivity index (χ0) is 28.0. The largest absolute Gasteiger partial charge is 0.456 e. The first-order valence-electron chi connectivity index (χ1n) is 14.3. The van der Waals surface area contributed by atoms with Crippen LogP contribution in [-0.4, -0.2) is 17.6 Å². The minimum Gasteiger partial charge on any atom is -0.456 e. The number of thiophene rings is 1. The lowest BCUT2D eigenvalue weighted by Crippen LogP contribution is -2.52. The molecule has 0 fully saturated rings. The molecule has 0 radical (unpaired) electrons. The van der Waals surface area contributed by atoms with Gasteiger partial charge in [-0.2, -0.15) is 0 Å². The lowest BCUT2D eigenvalue weighted by atomic mass is 10.1. The van der Waals surface area contributed by atoms with E-state index in [-0.39, 0.29) is 0 Å². The Labute approximate surface area is 247 Å². The number of pyridine rings is 1. The Balaban J connectivity index is 1.24. The molecular formula is C37H26N2OSSi. The fourth-order valence-electron chi connectivity index (χ4n) is 6.67. The van der Waals surface area contributed by atoms with Crippen molar-refractivity contribution >= 4 is 93.7 Å². The first-order chi connectivity index (χ1) is 20.6. The van der Waals surface area contributed by atoms with Crippen molar-refractivity contribution in [1.29, 1.82) is 0 Å². The standard InChI is InChI=1S/C37H26N2OSSi/c1-42(2,25-13-16-37-30(21-25)27-8-4-6-10-36(27)41-37)24-12-14-33-28(20-24)26-7-3-5-9-32(26)39(33)23-11-15-34-29(19-23)31-22-38-18-17-35(31)40-34/h3-22H,1-2H3. The van der Waals surface area contributed by atoms with Gasteiger partial charge in [0.15, 0.2) is 0 Å².